The van der Waals surface area contributed by atoms with E-state index in [0.29, 0.717) is 39.8 Å². The number of piperazine rings is 1. The van der Waals surface area contributed by atoms with Gasteiger partial charge in [0.15, 0.2) is 0 Å². The van der Waals surface area contributed by atoms with E-state index in [0.717, 1.165) is 82.0 Å². The first-order valence-electron chi connectivity index (χ1n) is 14.5. The van der Waals surface area contributed by atoms with Crippen molar-refractivity contribution in [3.63, 3.8) is 0 Å². The number of hydrogen-bond acceptors (Lipinski definition) is 8. The van der Waals surface area contributed by atoms with Gasteiger partial charge in [-0.2, -0.15) is 0 Å². The molecule has 2 aromatic heterocycles. The number of nitrogens with zero attached hydrogens (tertiary/aromatic N) is 5. The Bertz CT molecular complexity index is 1320. The maximum atomic E-state index is 11.0. The number of ether oxygens (including phenoxy) is 1. The molecular formula is C31H37Cl2N5O4. The van der Waals surface area contributed by atoms with E-state index < -0.39 is 5.97 Å². The molecular weight excluding hydrogens is 577 g/mol. The molecule has 0 atom stereocenters. The molecule has 0 unspecified atom stereocenters. The van der Waals surface area contributed by atoms with Gasteiger partial charge in [-0.3, -0.25) is 14.6 Å². The number of benzene rings is 1. The largest absolute Gasteiger partial charge is 0.481 e. The summed E-state index contributed by atoms with van der Waals surface area (Å²) in [7, 11) is 0. The average molecular weight is 615 g/mol. The van der Waals surface area contributed by atoms with Crippen LogP contribution in [-0.4, -0.2) is 88.4 Å². The van der Waals surface area contributed by atoms with E-state index in [2.05, 4.69) is 19.7 Å². The van der Waals surface area contributed by atoms with Crippen LogP contribution in [0.15, 0.2) is 48.7 Å². The lowest BCUT2D eigenvalue weighted by atomic mass is 9.92. The van der Waals surface area contributed by atoms with E-state index in [1.54, 1.807) is 12.3 Å². The van der Waals surface area contributed by atoms with Crippen LogP contribution < -0.4 is 9.64 Å². The first kappa shape index (κ1) is 30.5. The third-order valence-corrected chi connectivity index (χ3v) is 8.39. The molecule has 2 N–H and O–H groups in total. The number of aliphatic hydroxyl groups excluding tert-OH is 1. The van der Waals surface area contributed by atoms with E-state index in [4.69, 9.17) is 38.0 Å². The zero-order valence-electron chi connectivity index (χ0n) is 23.6. The van der Waals surface area contributed by atoms with Gasteiger partial charge >= 0.3 is 5.97 Å². The number of carboxylic acid groups (broad SMARTS) is 1. The van der Waals surface area contributed by atoms with Gasteiger partial charge in [-0.25, -0.2) is 9.97 Å². The van der Waals surface area contributed by atoms with E-state index in [9.17, 15) is 9.90 Å². The molecule has 224 valence electrons. The van der Waals surface area contributed by atoms with Crippen molar-refractivity contribution in [1.29, 1.82) is 0 Å². The lowest BCUT2D eigenvalue weighted by Crippen LogP contribution is -2.47. The molecule has 11 heteroatoms. The SMILES string of the molecule is O=C(O)CCC1CCN(Cc2cc(Oc3ccc(N4CCN(CCO)CC4)nc3)nc(-c3cc(Cl)cc(Cl)c3)c2)CC1. The lowest BCUT2D eigenvalue weighted by molar-refractivity contribution is -0.137. The molecule has 0 amide bonds. The molecule has 2 saturated heterocycles. The molecule has 5 rings (SSSR count). The number of aliphatic carboxylic acids is 1. The van der Waals surface area contributed by atoms with Crippen LogP contribution in [0.5, 0.6) is 11.6 Å². The summed E-state index contributed by atoms with van der Waals surface area (Å²) in [6.07, 6.45) is 4.68. The fourth-order valence-electron chi connectivity index (χ4n) is 5.65. The predicted molar refractivity (Wildman–Crippen MR) is 165 cm³/mol. The Morgan fingerprint density at radius 3 is 2.33 bits per heavy atom. The minimum Gasteiger partial charge on any atom is -0.481 e. The molecule has 1 aromatic carbocycles. The summed E-state index contributed by atoms with van der Waals surface area (Å²) in [5.41, 5.74) is 2.58. The smallest absolute Gasteiger partial charge is 0.303 e. The number of halogens is 2. The zero-order valence-corrected chi connectivity index (χ0v) is 25.1. The second kappa shape index (κ2) is 14.5. The number of hydrogen-bond donors (Lipinski definition) is 2. The quantitative estimate of drug-likeness (QED) is 0.293. The highest BCUT2D eigenvalue weighted by molar-refractivity contribution is 6.35. The summed E-state index contributed by atoms with van der Waals surface area (Å²) >= 11 is 12.6. The number of anilines is 1. The van der Waals surface area contributed by atoms with Gasteiger partial charge in [-0.15, -0.1) is 0 Å². The number of likely N-dealkylation sites (tertiary alicyclic amines) is 1. The molecule has 9 nitrogen and oxygen atoms in total. The molecule has 42 heavy (non-hydrogen) atoms. The fraction of sp³-hybridized carbons (Fsp3) is 0.452. The summed E-state index contributed by atoms with van der Waals surface area (Å²) in [5.74, 6) is 1.68. The number of pyridine rings is 2. The molecule has 0 bridgehead atoms. The molecule has 0 radical (unpaired) electrons. The Morgan fingerprint density at radius 2 is 1.69 bits per heavy atom. The molecule has 4 heterocycles. The minimum atomic E-state index is -0.725. The third kappa shape index (κ3) is 8.55. The lowest BCUT2D eigenvalue weighted by Gasteiger charge is -2.35. The average Bonchev–Trinajstić information content (AvgIpc) is 2.97. The first-order valence-corrected chi connectivity index (χ1v) is 15.2. The van der Waals surface area contributed by atoms with Crippen LogP contribution in [0.25, 0.3) is 11.3 Å². The normalized spacial score (nSPS) is 17.0. The highest BCUT2D eigenvalue weighted by atomic mass is 35.5. The van der Waals surface area contributed by atoms with Crippen molar-refractivity contribution in [2.24, 2.45) is 5.92 Å². The Kier molecular flexibility index (Phi) is 10.5. The fourth-order valence-corrected chi connectivity index (χ4v) is 6.18. The second-order valence-electron chi connectivity index (χ2n) is 11.0. The molecule has 2 aliphatic heterocycles. The number of β-amino-alcohol motifs (C(OH)–C–C–N with tert-alkyl or cyclic N) is 1. The van der Waals surface area contributed by atoms with Crippen molar-refractivity contribution in [2.45, 2.75) is 32.2 Å². The van der Waals surface area contributed by atoms with Gasteiger partial charge in [-0.05, 0) is 80.2 Å². The molecule has 3 aromatic rings. The van der Waals surface area contributed by atoms with Crippen molar-refractivity contribution in [1.82, 2.24) is 19.8 Å². The topological polar surface area (TPSA) is 102 Å². The number of aromatic nitrogens is 2. The predicted octanol–water partition coefficient (Wildman–Crippen LogP) is 5.43. The highest BCUT2D eigenvalue weighted by Gasteiger charge is 2.21. The number of rotatable bonds is 11. The van der Waals surface area contributed by atoms with Gasteiger partial charge in [0, 0.05) is 67.4 Å². The Balaban J connectivity index is 1.30. The first-order chi connectivity index (χ1) is 20.3. The van der Waals surface area contributed by atoms with Gasteiger partial charge in [-0.1, -0.05) is 23.2 Å². The summed E-state index contributed by atoms with van der Waals surface area (Å²) in [4.78, 5) is 27.3. The second-order valence-corrected chi connectivity index (χ2v) is 11.9. The van der Waals surface area contributed by atoms with Crippen molar-refractivity contribution < 1.29 is 19.7 Å². The highest BCUT2D eigenvalue weighted by Crippen LogP contribution is 2.31. The summed E-state index contributed by atoms with van der Waals surface area (Å²) in [6, 6.07) is 13.3. The molecule has 0 saturated carbocycles. The van der Waals surface area contributed by atoms with E-state index in [1.165, 1.54) is 0 Å². The third-order valence-electron chi connectivity index (χ3n) is 7.96. The maximum Gasteiger partial charge on any atom is 0.303 e. The number of piperidine rings is 1. The van der Waals surface area contributed by atoms with Crippen LogP contribution >= 0.6 is 23.2 Å². The number of aliphatic hydroxyl groups is 1. The van der Waals surface area contributed by atoms with E-state index >= 15 is 0 Å². The number of carboxylic acids is 1. The Hall–Kier alpha value is -2.95. The van der Waals surface area contributed by atoms with Crippen molar-refractivity contribution in [3.8, 4) is 22.9 Å². The van der Waals surface area contributed by atoms with Gasteiger partial charge in [0.1, 0.15) is 11.6 Å². The van der Waals surface area contributed by atoms with Crippen LogP contribution in [0.4, 0.5) is 5.82 Å². The van der Waals surface area contributed by atoms with Crippen molar-refractivity contribution in [3.05, 3.63) is 64.3 Å². The van der Waals surface area contributed by atoms with E-state index in [-0.39, 0.29) is 13.0 Å². The minimum absolute atomic E-state index is 0.179. The van der Waals surface area contributed by atoms with E-state index in [1.807, 2.05) is 36.4 Å². The zero-order chi connectivity index (χ0) is 29.5. The molecule has 2 fully saturated rings. The van der Waals surface area contributed by atoms with Crippen molar-refractivity contribution in [2.75, 3.05) is 57.3 Å². The molecule has 2 aliphatic rings. The van der Waals surface area contributed by atoms with Crippen LogP contribution in [-0.2, 0) is 11.3 Å². The monoisotopic (exact) mass is 613 g/mol. The van der Waals surface area contributed by atoms with Gasteiger partial charge in [0.2, 0.25) is 5.88 Å². The molecule has 0 spiro atoms. The maximum absolute atomic E-state index is 11.0. The van der Waals surface area contributed by atoms with Crippen LogP contribution in [0.3, 0.4) is 0 Å². The van der Waals surface area contributed by atoms with Crippen molar-refractivity contribution >= 4 is 35.0 Å². The van der Waals surface area contributed by atoms with Gasteiger partial charge in [0.05, 0.1) is 18.5 Å². The summed E-state index contributed by atoms with van der Waals surface area (Å²) in [5, 5.41) is 19.3. The van der Waals surface area contributed by atoms with Crippen LogP contribution in [0.2, 0.25) is 10.0 Å². The Labute approximate surface area is 256 Å². The van der Waals surface area contributed by atoms with Gasteiger partial charge in [0.25, 0.3) is 0 Å². The molecule has 0 aliphatic carbocycles. The standard InChI is InChI=1S/C31H37Cl2N5O4/c32-25-17-24(18-26(33)19-25)28-15-23(21-37-7-5-22(6-8-37)1-4-31(40)41)16-30(35-28)42-27-2-3-29(34-20-27)38-11-9-36(10-12-38)13-14-39/h2-3,15-20,22,39H,1,4-14,21H2,(H,40,41). The summed E-state index contributed by atoms with van der Waals surface area (Å²) in [6.45, 7) is 6.96. The number of carbonyl (C=O) groups is 1. The van der Waals surface area contributed by atoms with Crippen LogP contribution in [0, 0.1) is 5.92 Å². The van der Waals surface area contributed by atoms with Gasteiger partial charge < -0.3 is 19.8 Å². The summed E-state index contributed by atoms with van der Waals surface area (Å²) < 4.78 is 6.23. The Morgan fingerprint density at radius 1 is 0.952 bits per heavy atom. The van der Waals surface area contributed by atoms with Crippen LogP contribution in [0.1, 0.15) is 31.2 Å².